The molecule has 0 bridgehead atoms. The van der Waals surface area contributed by atoms with Crippen molar-refractivity contribution in [2.75, 3.05) is 0 Å². The standard InChI is InChI=1S/C16H17ClFN/c17-14-10-9-13(11-15(14)18)16(19)8-4-7-12-5-2-1-3-6-12/h1-3,5-6,9-11,16H,4,7-8,19H2. The molecule has 0 spiro atoms. The number of aryl methyl sites for hydroxylation is 1. The van der Waals surface area contributed by atoms with Crippen molar-refractivity contribution >= 4 is 11.6 Å². The van der Waals surface area contributed by atoms with Crippen molar-refractivity contribution < 1.29 is 4.39 Å². The summed E-state index contributed by atoms with van der Waals surface area (Å²) in [6.45, 7) is 0. The molecule has 0 heterocycles. The van der Waals surface area contributed by atoms with Crippen LogP contribution in [0, 0.1) is 5.82 Å². The molecule has 1 atom stereocenters. The first-order valence-electron chi connectivity index (χ1n) is 6.41. The lowest BCUT2D eigenvalue weighted by Gasteiger charge is -2.12. The molecule has 2 rings (SSSR count). The van der Waals surface area contributed by atoms with E-state index in [0.29, 0.717) is 0 Å². The van der Waals surface area contributed by atoms with E-state index in [9.17, 15) is 4.39 Å². The second-order valence-electron chi connectivity index (χ2n) is 4.66. The average Bonchev–Trinajstić information content (AvgIpc) is 2.43. The van der Waals surface area contributed by atoms with Gasteiger partial charge in [0.1, 0.15) is 5.82 Å². The third kappa shape index (κ3) is 4.05. The first-order chi connectivity index (χ1) is 9.16. The Bertz CT molecular complexity index is 528. The van der Waals surface area contributed by atoms with Crippen molar-refractivity contribution in [1.29, 1.82) is 0 Å². The highest BCUT2D eigenvalue weighted by molar-refractivity contribution is 6.30. The Balaban J connectivity index is 1.87. The van der Waals surface area contributed by atoms with Crippen LogP contribution < -0.4 is 5.73 Å². The molecular formula is C16H17ClFN. The number of hydrogen-bond donors (Lipinski definition) is 1. The Morgan fingerprint density at radius 1 is 1.11 bits per heavy atom. The summed E-state index contributed by atoms with van der Waals surface area (Å²) < 4.78 is 13.3. The molecule has 0 radical (unpaired) electrons. The maximum atomic E-state index is 13.3. The SMILES string of the molecule is NC(CCCc1ccccc1)c1ccc(Cl)c(F)c1. The fourth-order valence-corrected chi connectivity index (χ4v) is 2.20. The van der Waals surface area contributed by atoms with Crippen LogP contribution in [0.4, 0.5) is 4.39 Å². The smallest absolute Gasteiger partial charge is 0.142 e. The van der Waals surface area contributed by atoms with Crippen LogP contribution in [0.25, 0.3) is 0 Å². The Hall–Kier alpha value is -1.38. The first-order valence-corrected chi connectivity index (χ1v) is 6.79. The second kappa shape index (κ2) is 6.69. The fraction of sp³-hybridized carbons (Fsp3) is 0.250. The summed E-state index contributed by atoms with van der Waals surface area (Å²) in [5.74, 6) is -0.405. The predicted molar refractivity (Wildman–Crippen MR) is 77.7 cm³/mol. The van der Waals surface area contributed by atoms with Gasteiger partial charge in [-0.25, -0.2) is 4.39 Å². The molecule has 0 aromatic heterocycles. The van der Waals surface area contributed by atoms with Gasteiger partial charge in [0.15, 0.2) is 0 Å². The van der Waals surface area contributed by atoms with Gasteiger partial charge in [0, 0.05) is 6.04 Å². The van der Waals surface area contributed by atoms with E-state index in [-0.39, 0.29) is 11.1 Å². The molecule has 2 aromatic carbocycles. The van der Waals surface area contributed by atoms with E-state index in [2.05, 4.69) is 12.1 Å². The zero-order chi connectivity index (χ0) is 13.7. The van der Waals surface area contributed by atoms with Crippen LogP contribution >= 0.6 is 11.6 Å². The van der Waals surface area contributed by atoms with E-state index in [0.717, 1.165) is 24.8 Å². The highest BCUT2D eigenvalue weighted by Gasteiger charge is 2.08. The van der Waals surface area contributed by atoms with Crippen molar-refractivity contribution in [2.45, 2.75) is 25.3 Å². The van der Waals surface area contributed by atoms with Crippen LogP contribution in [-0.4, -0.2) is 0 Å². The first kappa shape index (κ1) is 14.0. The zero-order valence-corrected chi connectivity index (χ0v) is 11.4. The molecule has 0 saturated carbocycles. The Kier molecular flexibility index (Phi) is 4.94. The van der Waals surface area contributed by atoms with E-state index in [4.69, 9.17) is 17.3 Å². The predicted octanol–water partition coefficient (Wildman–Crippen LogP) is 4.50. The molecule has 1 unspecified atom stereocenters. The minimum absolute atomic E-state index is 0.139. The van der Waals surface area contributed by atoms with Gasteiger partial charge in [-0.3, -0.25) is 0 Å². The minimum atomic E-state index is -0.405. The van der Waals surface area contributed by atoms with E-state index in [1.54, 1.807) is 12.1 Å². The minimum Gasteiger partial charge on any atom is -0.324 e. The van der Waals surface area contributed by atoms with E-state index < -0.39 is 5.82 Å². The molecule has 0 amide bonds. The van der Waals surface area contributed by atoms with Crippen LogP contribution in [0.1, 0.15) is 30.0 Å². The number of halogens is 2. The van der Waals surface area contributed by atoms with Gasteiger partial charge in [0.25, 0.3) is 0 Å². The maximum Gasteiger partial charge on any atom is 0.142 e. The molecule has 2 N–H and O–H groups in total. The number of rotatable bonds is 5. The third-order valence-electron chi connectivity index (χ3n) is 3.20. The fourth-order valence-electron chi connectivity index (χ4n) is 2.08. The van der Waals surface area contributed by atoms with Gasteiger partial charge in [-0.1, -0.05) is 48.0 Å². The second-order valence-corrected chi connectivity index (χ2v) is 5.07. The highest BCUT2D eigenvalue weighted by Crippen LogP contribution is 2.22. The summed E-state index contributed by atoms with van der Waals surface area (Å²) in [5, 5.41) is 0.139. The number of nitrogens with two attached hydrogens (primary N) is 1. The van der Waals surface area contributed by atoms with Gasteiger partial charge in [-0.15, -0.1) is 0 Å². The number of benzene rings is 2. The molecule has 0 saturated heterocycles. The lowest BCUT2D eigenvalue weighted by Crippen LogP contribution is -2.10. The Labute approximate surface area is 118 Å². The summed E-state index contributed by atoms with van der Waals surface area (Å²) in [6, 6.07) is 14.9. The Morgan fingerprint density at radius 3 is 2.53 bits per heavy atom. The highest BCUT2D eigenvalue weighted by atomic mass is 35.5. The molecular weight excluding hydrogens is 261 g/mol. The van der Waals surface area contributed by atoms with Crippen molar-refractivity contribution in [1.82, 2.24) is 0 Å². The van der Waals surface area contributed by atoms with Crippen molar-refractivity contribution in [2.24, 2.45) is 5.73 Å². The molecule has 3 heteroatoms. The topological polar surface area (TPSA) is 26.0 Å². The van der Waals surface area contributed by atoms with Crippen molar-refractivity contribution in [3.63, 3.8) is 0 Å². The number of hydrogen-bond acceptors (Lipinski definition) is 1. The summed E-state index contributed by atoms with van der Waals surface area (Å²) in [6.07, 6.45) is 2.80. The van der Waals surface area contributed by atoms with E-state index >= 15 is 0 Å². The largest absolute Gasteiger partial charge is 0.324 e. The van der Waals surface area contributed by atoms with Gasteiger partial charge >= 0.3 is 0 Å². The molecule has 0 fully saturated rings. The Morgan fingerprint density at radius 2 is 1.84 bits per heavy atom. The van der Waals surface area contributed by atoms with Crippen LogP contribution in [-0.2, 0) is 6.42 Å². The third-order valence-corrected chi connectivity index (χ3v) is 3.50. The van der Waals surface area contributed by atoms with Crippen molar-refractivity contribution in [3.05, 3.63) is 70.5 Å². The summed E-state index contributed by atoms with van der Waals surface area (Å²) in [4.78, 5) is 0. The van der Waals surface area contributed by atoms with Gasteiger partial charge in [0.05, 0.1) is 5.02 Å². The van der Waals surface area contributed by atoms with Gasteiger partial charge < -0.3 is 5.73 Å². The van der Waals surface area contributed by atoms with Crippen LogP contribution in [0.3, 0.4) is 0 Å². The molecule has 0 aliphatic carbocycles. The molecule has 100 valence electrons. The molecule has 0 aliphatic rings. The quantitative estimate of drug-likeness (QED) is 0.855. The lowest BCUT2D eigenvalue weighted by atomic mass is 10.00. The molecule has 19 heavy (non-hydrogen) atoms. The van der Waals surface area contributed by atoms with Gasteiger partial charge in [0.2, 0.25) is 0 Å². The summed E-state index contributed by atoms with van der Waals surface area (Å²) in [5.41, 5.74) is 8.17. The van der Waals surface area contributed by atoms with Gasteiger partial charge in [-0.05, 0) is 42.5 Å². The monoisotopic (exact) mass is 277 g/mol. The average molecular weight is 278 g/mol. The van der Waals surface area contributed by atoms with E-state index in [1.165, 1.54) is 11.6 Å². The van der Waals surface area contributed by atoms with Crippen LogP contribution in [0.15, 0.2) is 48.5 Å². The van der Waals surface area contributed by atoms with Crippen molar-refractivity contribution in [3.8, 4) is 0 Å². The molecule has 2 aromatic rings. The zero-order valence-electron chi connectivity index (χ0n) is 10.7. The normalized spacial score (nSPS) is 12.4. The van der Waals surface area contributed by atoms with Crippen LogP contribution in [0.5, 0.6) is 0 Å². The van der Waals surface area contributed by atoms with E-state index in [1.807, 2.05) is 18.2 Å². The summed E-state index contributed by atoms with van der Waals surface area (Å²) in [7, 11) is 0. The van der Waals surface area contributed by atoms with Gasteiger partial charge in [-0.2, -0.15) is 0 Å². The maximum absolute atomic E-state index is 13.3. The lowest BCUT2D eigenvalue weighted by molar-refractivity contribution is 0.593. The molecule has 1 nitrogen and oxygen atoms in total. The van der Waals surface area contributed by atoms with Crippen LogP contribution in [0.2, 0.25) is 5.02 Å². The molecule has 0 aliphatic heterocycles. The summed E-state index contributed by atoms with van der Waals surface area (Å²) >= 11 is 5.65.